The monoisotopic (exact) mass is 434 g/mol. The molecule has 0 bridgehead atoms. The van der Waals surface area contributed by atoms with Gasteiger partial charge in [0, 0.05) is 17.9 Å². The van der Waals surface area contributed by atoms with Crippen LogP contribution in [0.15, 0.2) is 52.4 Å². The lowest BCUT2D eigenvalue weighted by atomic mass is 10.2. The Morgan fingerprint density at radius 1 is 1.21 bits per heavy atom. The van der Waals surface area contributed by atoms with E-state index >= 15 is 0 Å². The second-order valence-corrected chi connectivity index (χ2v) is 10.6. The number of benzene rings is 2. The number of aryl methyl sites for hydroxylation is 2. The van der Waals surface area contributed by atoms with Crippen molar-refractivity contribution in [2.24, 2.45) is 4.99 Å². The molecular weight excluding hydrogens is 412 g/mol. The van der Waals surface area contributed by atoms with Gasteiger partial charge in [-0.15, -0.1) is 0 Å². The second kappa shape index (κ2) is 8.63. The molecule has 28 heavy (non-hydrogen) atoms. The van der Waals surface area contributed by atoms with Gasteiger partial charge in [-0.3, -0.25) is 4.79 Å². The zero-order chi connectivity index (χ0) is 20.3. The number of amides is 1. The molecule has 0 spiro atoms. The van der Waals surface area contributed by atoms with Gasteiger partial charge in [-0.05, 0) is 49.1 Å². The third-order valence-electron chi connectivity index (χ3n) is 4.37. The number of fused-ring (bicyclic) bond motifs is 1. The summed E-state index contributed by atoms with van der Waals surface area (Å²) < 4.78 is 27.4. The highest BCUT2D eigenvalue weighted by molar-refractivity contribution is 7.98. The normalized spacial score (nSPS) is 12.6. The summed E-state index contributed by atoms with van der Waals surface area (Å²) in [5, 5.41) is 0. The maximum Gasteiger partial charge on any atom is 0.279 e. The highest BCUT2D eigenvalue weighted by Gasteiger charge is 2.15. The van der Waals surface area contributed by atoms with Crippen LogP contribution in [0, 0.1) is 6.92 Å². The van der Waals surface area contributed by atoms with Gasteiger partial charge in [-0.25, -0.2) is 8.42 Å². The molecule has 0 saturated carbocycles. The summed E-state index contributed by atoms with van der Waals surface area (Å²) in [5.74, 6) is 0.464. The molecule has 0 radical (unpaired) electrons. The molecular formula is C20H22N2O3S3. The fourth-order valence-corrected chi connectivity index (χ4v) is 5.25. The van der Waals surface area contributed by atoms with E-state index in [-0.39, 0.29) is 16.2 Å². The highest BCUT2D eigenvalue weighted by atomic mass is 32.2. The highest BCUT2D eigenvalue weighted by Crippen LogP contribution is 2.20. The molecule has 0 unspecified atom stereocenters. The van der Waals surface area contributed by atoms with Gasteiger partial charge in [-0.1, -0.05) is 30.4 Å². The van der Waals surface area contributed by atoms with E-state index in [1.54, 1.807) is 30.8 Å². The van der Waals surface area contributed by atoms with Crippen LogP contribution >= 0.6 is 23.1 Å². The molecule has 0 atom stereocenters. The maximum atomic E-state index is 12.8. The summed E-state index contributed by atoms with van der Waals surface area (Å²) in [5.41, 5.74) is 2.49. The third kappa shape index (κ3) is 4.39. The molecule has 0 saturated heterocycles. The van der Waals surface area contributed by atoms with Gasteiger partial charge >= 0.3 is 0 Å². The van der Waals surface area contributed by atoms with Gasteiger partial charge in [0.15, 0.2) is 14.6 Å². The molecule has 0 aliphatic rings. The number of thiazole rings is 1. The smallest absolute Gasteiger partial charge is 0.279 e. The Bertz CT molecular complexity index is 1190. The number of nitrogens with zero attached hydrogens (tertiary/aromatic N) is 2. The van der Waals surface area contributed by atoms with Crippen LogP contribution in [0.1, 0.15) is 22.8 Å². The lowest BCUT2D eigenvalue weighted by molar-refractivity contribution is 0.0997. The van der Waals surface area contributed by atoms with Crippen LogP contribution in [0.25, 0.3) is 10.2 Å². The number of carbonyl (C=O) groups is 1. The zero-order valence-electron chi connectivity index (χ0n) is 16.0. The lowest BCUT2D eigenvalue weighted by Crippen LogP contribution is -2.18. The minimum atomic E-state index is -3.37. The number of thioether (sulfide) groups is 1. The molecule has 1 aromatic heterocycles. The summed E-state index contributed by atoms with van der Waals surface area (Å²) in [6, 6.07) is 12.3. The van der Waals surface area contributed by atoms with Gasteiger partial charge in [-0.2, -0.15) is 16.8 Å². The number of hydrogen-bond acceptors (Lipinski definition) is 5. The Kier molecular flexibility index (Phi) is 6.42. The Labute approximate surface area is 173 Å². The number of carbonyl (C=O) groups excluding carboxylic acids is 1. The zero-order valence-corrected chi connectivity index (χ0v) is 18.5. The Morgan fingerprint density at radius 2 is 2.00 bits per heavy atom. The molecule has 148 valence electrons. The predicted molar refractivity (Wildman–Crippen MR) is 117 cm³/mol. The molecule has 3 rings (SSSR count). The van der Waals surface area contributed by atoms with Gasteiger partial charge in [0.05, 0.1) is 20.9 Å². The molecule has 3 aromatic rings. The minimum Gasteiger partial charge on any atom is -0.316 e. The molecule has 2 aromatic carbocycles. The van der Waals surface area contributed by atoms with E-state index < -0.39 is 15.7 Å². The fourth-order valence-electron chi connectivity index (χ4n) is 2.81. The average molecular weight is 435 g/mol. The first-order valence-electron chi connectivity index (χ1n) is 8.86. The first kappa shape index (κ1) is 20.8. The summed E-state index contributed by atoms with van der Waals surface area (Å²) in [4.78, 5) is 17.9. The van der Waals surface area contributed by atoms with Crippen molar-refractivity contribution < 1.29 is 13.2 Å². The number of sulfone groups is 1. The van der Waals surface area contributed by atoms with E-state index in [1.165, 1.54) is 23.5 Å². The van der Waals surface area contributed by atoms with Crippen LogP contribution in [0.4, 0.5) is 0 Å². The van der Waals surface area contributed by atoms with Crippen molar-refractivity contribution in [1.82, 2.24) is 4.57 Å². The van der Waals surface area contributed by atoms with Gasteiger partial charge in [0.25, 0.3) is 5.91 Å². The largest absolute Gasteiger partial charge is 0.316 e. The van der Waals surface area contributed by atoms with Gasteiger partial charge in [0.2, 0.25) is 0 Å². The van der Waals surface area contributed by atoms with Gasteiger partial charge < -0.3 is 4.57 Å². The summed E-state index contributed by atoms with van der Waals surface area (Å²) in [7, 11) is -3.37. The van der Waals surface area contributed by atoms with Crippen LogP contribution in [-0.2, 0) is 16.4 Å². The van der Waals surface area contributed by atoms with Crippen molar-refractivity contribution in [1.29, 1.82) is 0 Å². The first-order chi connectivity index (χ1) is 13.4. The average Bonchev–Trinajstić information content (AvgIpc) is 3.02. The van der Waals surface area contributed by atoms with Crippen LogP contribution in [0.5, 0.6) is 0 Å². The summed E-state index contributed by atoms with van der Waals surface area (Å²) in [6.45, 7) is 4.37. The van der Waals surface area contributed by atoms with Crippen molar-refractivity contribution in [3.63, 3.8) is 0 Å². The quantitative estimate of drug-likeness (QED) is 0.590. The molecule has 1 heterocycles. The van der Waals surface area contributed by atoms with E-state index in [0.29, 0.717) is 4.80 Å². The van der Waals surface area contributed by atoms with E-state index in [0.717, 1.165) is 28.1 Å². The van der Waals surface area contributed by atoms with E-state index in [4.69, 9.17) is 0 Å². The van der Waals surface area contributed by atoms with E-state index in [2.05, 4.69) is 27.8 Å². The molecule has 8 heteroatoms. The minimum absolute atomic E-state index is 0.00780. The van der Waals surface area contributed by atoms with Crippen molar-refractivity contribution >= 4 is 49.1 Å². The van der Waals surface area contributed by atoms with Crippen molar-refractivity contribution in [3.05, 3.63) is 58.4 Å². The number of aromatic nitrogens is 1. The van der Waals surface area contributed by atoms with Crippen molar-refractivity contribution in [2.75, 3.05) is 17.8 Å². The first-order valence-corrected chi connectivity index (χ1v) is 12.7. The topological polar surface area (TPSA) is 68.5 Å². The Morgan fingerprint density at radius 3 is 2.71 bits per heavy atom. The predicted octanol–water partition coefficient (Wildman–Crippen LogP) is 3.91. The maximum absolute atomic E-state index is 12.8. The fraction of sp³-hybridized carbons (Fsp3) is 0.300. The molecule has 0 N–H and O–H groups in total. The number of rotatable bonds is 6. The summed E-state index contributed by atoms with van der Waals surface area (Å²) >= 11 is 3.21. The third-order valence-corrected chi connectivity index (χ3v) is 7.74. The summed E-state index contributed by atoms with van der Waals surface area (Å²) in [6.07, 6.45) is 2.04. The Hall–Kier alpha value is -1.90. The van der Waals surface area contributed by atoms with E-state index in [9.17, 15) is 13.2 Å². The van der Waals surface area contributed by atoms with Crippen molar-refractivity contribution in [3.8, 4) is 0 Å². The standard InChI is InChI=1S/C20H22N2O3S3/c1-4-28(24,25)16-7-5-6-15(13-16)19(23)21-20-22(10-11-26-3)17-9-8-14(2)12-18(17)27-20/h5-9,12-13H,4,10-11H2,1-3H3. The Balaban J connectivity index is 2.09. The van der Waals surface area contributed by atoms with Crippen LogP contribution in [-0.4, -0.2) is 36.7 Å². The molecule has 0 aliphatic carbocycles. The van der Waals surface area contributed by atoms with E-state index in [1.807, 2.05) is 13.2 Å². The molecule has 0 aliphatic heterocycles. The SMILES string of the molecule is CCS(=O)(=O)c1cccc(C(=O)N=c2sc3cc(C)ccc3n2CCSC)c1. The van der Waals surface area contributed by atoms with Crippen LogP contribution < -0.4 is 4.80 Å². The molecule has 1 amide bonds. The molecule has 0 fully saturated rings. The van der Waals surface area contributed by atoms with Crippen LogP contribution in [0.2, 0.25) is 0 Å². The number of hydrogen-bond donors (Lipinski definition) is 0. The van der Waals surface area contributed by atoms with Gasteiger partial charge in [0.1, 0.15) is 0 Å². The second-order valence-electron chi connectivity index (χ2n) is 6.35. The van der Waals surface area contributed by atoms with Crippen molar-refractivity contribution in [2.45, 2.75) is 25.3 Å². The molecule has 5 nitrogen and oxygen atoms in total. The lowest BCUT2D eigenvalue weighted by Gasteiger charge is -2.04. The van der Waals surface area contributed by atoms with Crippen LogP contribution in [0.3, 0.4) is 0 Å².